The Labute approximate surface area is 117 Å². The van der Waals surface area contributed by atoms with Crippen LogP contribution in [-0.4, -0.2) is 33.8 Å². The maximum Gasteiger partial charge on any atom is 0.337 e. The largest absolute Gasteiger partial charge is 0.478 e. The van der Waals surface area contributed by atoms with Crippen LogP contribution in [0.15, 0.2) is 12.3 Å². The smallest absolute Gasteiger partial charge is 0.337 e. The number of aromatic carboxylic acids is 1. The van der Waals surface area contributed by atoms with Gasteiger partial charge in [-0.05, 0) is 12.0 Å². The molecule has 18 heavy (non-hydrogen) atoms. The van der Waals surface area contributed by atoms with Crippen molar-refractivity contribution in [3.8, 4) is 0 Å². The van der Waals surface area contributed by atoms with Crippen LogP contribution in [0.2, 0.25) is 5.15 Å². The molecule has 0 bridgehead atoms. The number of hydrogen-bond donors (Lipinski definition) is 1. The highest BCUT2D eigenvalue weighted by atomic mass is 79.9. The molecule has 1 fully saturated rings. The van der Waals surface area contributed by atoms with Crippen LogP contribution in [0.4, 0.5) is 5.69 Å². The number of hydrogen-bond acceptors (Lipinski definition) is 3. The van der Waals surface area contributed by atoms with E-state index in [1.165, 1.54) is 17.2 Å². The molecule has 1 aromatic rings. The topological polar surface area (TPSA) is 70.5 Å². The van der Waals surface area contributed by atoms with Crippen LogP contribution in [0, 0.1) is 5.92 Å². The SMILES string of the molecule is O=C(O)c1cc(Cl)ncc1N1CC(CBr)CC1=O. The Hall–Kier alpha value is -1.14. The minimum atomic E-state index is -1.12. The molecule has 0 spiro atoms. The van der Waals surface area contributed by atoms with Gasteiger partial charge in [0.2, 0.25) is 5.91 Å². The number of carbonyl (C=O) groups excluding carboxylic acids is 1. The highest BCUT2D eigenvalue weighted by molar-refractivity contribution is 9.09. The summed E-state index contributed by atoms with van der Waals surface area (Å²) < 4.78 is 0. The lowest BCUT2D eigenvalue weighted by Crippen LogP contribution is -2.26. The molecule has 0 radical (unpaired) electrons. The van der Waals surface area contributed by atoms with Crippen molar-refractivity contribution in [3.05, 3.63) is 23.0 Å². The third-order valence-electron chi connectivity index (χ3n) is 2.79. The Balaban J connectivity index is 2.39. The fraction of sp³-hybridized carbons (Fsp3) is 0.364. The number of rotatable bonds is 3. The van der Waals surface area contributed by atoms with Gasteiger partial charge in [-0.3, -0.25) is 4.79 Å². The van der Waals surface area contributed by atoms with Gasteiger partial charge in [0.05, 0.1) is 17.4 Å². The Bertz CT molecular complexity index is 509. The molecule has 1 amide bonds. The van der Waals surface area contributed by atoms with Gasteiger partial charge in [-0.2, -0.15) is 0 Å². The fourth-order valence-corrected chi connectivity index (χ4v) is 2.52. The molecule has 1 saturated heterocycles. The Morgan fingerprint density at radius 3 is 2.94 bits per heavy atom. The molecule has 1 aliphatic rings. The van der Waals surface area contributed by atoms with E-state index in [9.17, 15) is 9.59 Å². The Morgan fingerprint density at radius 2 is 2.39 bits per heavy atom. The molecule has 0 saturated carbocycles. The number of carbonyl (C=O) groups is 2. The van der Waals surface area contributed by atoms with Gasteiger partial charge in [0, 0.05) is 18.3 Å². The van der Waals surface area contributed by atoms with E-state index in [1.54, 1.807) is 0 Å². The first-order valence-electron chi connectivity index (χ1n) is 5.28. The molecule has 5 nitrogen and oxygen atoms in total. The summed E-state index contributed by atoms with van der Waals surface area (Å²) in [5.74, 6) is -1.02. The van der Waals surface area contributed by atoms with Crippen molar-refractivity contribution in [2.75, 3.05) is 16.8 Å². The summed E-state index contributed by atoms with van der Waals surface area (Å²) in [7, 11) is 0. The van der Waals surface area contributed by atoms with Crippen molar-refractivity contribution in [1.82, 2.24) is 4.98 Å². The molecular weight excluding hydrogens is 323 g/mol. The first-order valence-corrected chi connectivity index (χ1v) is 6.78. The summed E-state index contributed by atoms with van der Waals surface area (Å²) in [4.78, 5) is 28.3. The average Bonchev–Trinajstić information content (AvgIpc) is 2.70. The zero-order chi connectivity index (χ0) is 13.3. The maximum atomic E-state index is 11.9. The van der Waals surface area contributed by atoms with Crippen molar-refractivity contribution >= 4 is 45.1 Å². The van der Waals surface area contributed by atoms with E-state index < -0.39 is 5.97 Å². The Kier molecular flexibility index (Phi) is 3.87. The number of carboxylic acid groups (broad SMARTS) is 1. The number of aromatic nitrogens is 1. The lowest BCUT2D eigenvalue weighted by molar-refractivity contribution is -0.117. The molecule has 1 aliphatic heterocycles. The van der Waals surface area contributed by atoms with E-state index >= 15 is 0 Å². The molecular formula is C11H10BrClN2O3. The summed E-state index contributed by atoms with van der Waals surface area (Å²) >= 11 is 9.01. The summed E-state index contributed by atoms with van der Waals surface area (Å²) in [5.41, 5.74) is 0.305. The van der Waals surface area contributed by atoms with Crippen LogP contribution in [0.1, 0.15) is 16.8 Å². The first kappa shape index (κ1) is 13.3. The predicted molar refractivity (Wildman–Crippen MR) is 70.5 cm³/mol. The average molecular weight is 334 g/mol. The van der Waals surface area contributed by atoms with Gasteiger partial charge in [0.25, 0.3) is 0 Å². The van der Waals surface area contributed by atoms with E-state index in [0.717, 1.165) is 0 Å². The van der Waals surface area contributed by atoms with Gasteiger partial charge < -0.3 is 10.0 Å². The van der Waals surface area contributed by atoms with Crippen molar-refractivity contribution in [2.24, 2.45) is 5.92 Å². The number of amides is 1. The van der Waals surface area contributed by atoms with Gasteiger partial charge in [-0.1, -0.05) is 27.5 Å². The predicted octanol–water partition coefficient (Wildman–Crippen LogP) is 2.18. The van der Waals surface area contributed by atoms with E-state index in [2.05, 4.69) is 20.9 Å². The molecule has 1 atom stereocenters. The number of nitrogens with zero attached hydrogens (tertiary/aromatic N) is 2. The minimum absolute atomic E-state index is 0.00132. The highest BCUT2D eigenvalue weighted by Gasteiger charge is 2.32. The number of halogens is 2. The van der Waals surface area contributed by atoms with Gasteiger partial charge in [0.15, 0.2) is 0 Å². The van der Waals surface area contributed by atoms with Crippen LogP contribution in [0.5, 0.6) is 0 Å². The van der Waals surface area contributed by atoms with Crippen molar-refractivity contribution in [1.29, 1.82) is 0 Å². The molecule has 7 heteroatoms. The zero-order valence-electron chi connectivity index (χ0n) is 9.27. The molecule has 2 heterocycles. The Morgan fingerprint density at radius 1 is 1.67 bits per heavy atom. The van der Waals surface area contributed by atoms with E-state index in [0.29, 0.717) is 24.0 Å². The number of anilines is 1. The number of alkyl halides is 1. The lowest BCUT2D eigenvalue weighted by Gasteiger charge is -2.18. The minimum Gasteiger partial charge on any atom is -0.478 e. The van der Waals surface area contributed by atoms with Crippen LogP contribution in [0.25, 0.3) is 0 Å². The second-order valence-corrected chi connectivity index (χ2v) is 5.09. The van der Waals surface area contributed by atoms with Gasteiger partial charge in [-0.25, -0.2) is 9.78 Å². The molecule has 1 unspecified atom stereocenters. The number of pyridine rings is 1. The summed E-state index contributed by atoms with van der Waals surface area (Å²) in [6.07, 6.45) is 1.74. The maximum absolute atomic E-state index is 11.9. The van der Waals surface area contributed by atoms with E-state index in [4.69, 9.17) is 16.7 Å². The van der Waals surface area contributed by atoms with Gasteiger partial charge in [-0.15, -0.1) is 0 Å². The van der Waals surface area contributed by atoms with Gasteiger partial charge in [0.1, 0.15) is 5.15 Å². The standard InChI is InChI=1S/C11H10BrClN2O3/c12-3-6-1-10(16)15(5-6)8-4-14-9(13)2-7(8)11(17)18/h2,4,6H,1,3,5H2,(H,17,18). The van der Waals surface area contributed by atoms with E-state index in [1.807, 2.05) is 0 Å². The van der Waals surface area contributed by atoms with Crippen molar-refractivity contribution in [2.45, 2.75) is 6.42 Å². The summed E-state index contributed by atoms with van der Waals surface area (Å²) in [6, 6.07) is 1.26. The number of carboxylic acids is 1. The second kappa shape index (κ2) is 5.24. The lowest BCUT2D eigenvalue weighted by atomic mass is 10.1. The molecule has 0 aromatic carbocycles. The van der Waals surface area contributed by atoms with E-state index in [-0.39, 0.29) is 22.5 Å². The zero-order valence-corrected chi connectivity index (χ0v) is 11.6. The molecule has 2 rings (SSSR count). The van der Waals surface area contributed by atoms with Crippen molar-refractivity contribution < 1.29 is 14.7 Å². The second-order valence-electron chi connectivity index (χ2n) is 4.06. The monoisotopic (exact) mass is 332 g/mol. The normalized spacial score (nSPS) is 19.3. The summed E-state index contributed by atoms with van der Waals surface area (Å²) in [6.45, 7) is 0.494. The quantitative estimate of drug-likeness (QED) is 0.680. The molecule has 0 aliphatic carbocycles. The van der Waals surface area contributed by atoms with Crippen LogP contribution < -0.4 is 4.90 Å². The third kappa shape index (κ3) is 2.49. The van der Waals surface area contributed by atoms with Crippen LogP contribution >= 0.6 is 27.5 Å². The van der Waals surface area contributed by atoms with Gasteiger partial charge >= 0.3 is 5.97 Å². The third-order valence-corrected chi connectivity index (χ3v) is 3.92. The molecule has 1 N–H and O–H groups in total. The van der Waals surface area contributed by atoms with Crippen LogP contribution in [0.3, 0.4) is 0 Å². The first-order chi connectivity index (χ1) is 8.52. The highest BCUT2D eigenvalue weighted by Crippen LogP contribution is 2.29. The van der Waals surface area contributed by atoms with Crippen molar-refractivity contribution in [3.63, 3.8) is 0 Å². The summed E-state index contributed by atoms with van der Waals surface area (Å²) in [5, 5.41) is 9.93. The fourth-order valence-electron chi connectivity index (χ4n) is 1.93. The molecule has 1 aromatic heterocycles. The van der Waals surface area contributed by atoms with Crippen LogP contribution in [-0.2, 0) is 4.79 Å². The molecule has 96 valence electrons.